The van der Waals surface area contributed by atoms with Crippen LogP contribution in [-0.4, -0.2) is 15.0 Å². The van der Waals surface area contributed by atoms with E-state index in [1.54, 1.807) is 10.9 Å². The van der Waals surface area contributed by atoms with Crippen molar-refractivity contribution >= 4 is 11.6 Å². The number of benzene rings is 1. The number of halogens is 1. The molecule has 1 heterocycles. The molecule has 1 aromatic heterocycles. The van der Waals surface area contributed by atoms with Crippen LogP contribution in [0.25, 0.3) is 0 Å². The quantitative estimate of drug-likeness (QED) is 0.903. The van der Waals surface area contributed by atoms with Gasteiger partial charge in [-0.1, -0.05) is 35.9 Å². The van der Waals surface area contributed by atoms with E-state index in [1.165, 1.54) is 5.56 Å². The average molecular weight is 265 g/mol. The molecular weight excluding hydrogens is 248 g/mol. The fourth-order valence-electron chi connectivity index (χ4n) is 1.89. The number of aromatic nitrogens is 3. The molecule has 0 fully saturated rings. The van der Waals surface area contributed by atoms with E-state index in [4.69, 9.17) is 11.6 Å². The van der Waals surface area contributed by atoms with E-state index in [9.17, 15) is 0 Å². The summed E-state index contributed by atoms with van der Waals surface area (Å²) < 4.78 is 1.78. The number of rotatable bonds is 5. The maximum atomic E-state index is 5.90. The summed E-state index contributed by atoms with van der Waals surface area (Å²) in [5, 5.41) is 12.1. The molecule has 1 N–H and O–H groups in total. The highest BCUT2D eigenvalue weighted by molar-refractivity contribution is 6.30. The largest absolute Gasteiger partial charge is 0.304 e. The summed E-state index contributed by atoms with van der Waals surface area (Å²) in [6.45, 7) is 2.92. The molecule has 1 atom stereocenters. The molecule has 4 nitrogen and oxygen atoms in total. The summed E-state index contributed by atoms with van der Waals surface area (Å²) in [5.74, 6) is 0. The van der Waals surface area contributed by atoms with E-state index in [0.717, 1.165) is 23.7 Å². The van der Waals surface area contributed by atoms with Crippen molar-refractivity contribution in [1.29, 1.82) is 0 Å². The van der Waals surface area contributed by atoms with Crippen molar-refractivity contribution in [3.8, 4) is 0 Å². The van der Waals surface area contributed by atoms with Gasteiger partial charge in [0.05, 0.1) is 11.9 Å². The van der Waals surface area contributed by atoms with Gasteiger partial charge in [0.25, 0.3) is 0 Å². The van der Waals surface area contributed by atoms with Crippen molar-refractivity contribution in [2.75, 3.05) is 0 Å². The first-order valence-corrected chi connectivity index (χ1v) is 6.41. The summed E-state index contributed by atoms with van der Waals surface area (Å²) in [5.41, 5.74) is 2.32. The van der Waals surface area contributed by atoms with Gasteiger partial charge < -0.3 is 5.32 Å². The summed E-state index contributed by atoms with van der Waals surface area (Å²) in [7, 11) is 1.90. The van der Waals surface area contributed by atoms with Gasteiger partial charge in [-0.25, -0.2) is 0 Å². The second-order valence-electron chi connectivity index (χ2n) is 4.24. The Morgan fingerprint density at radius 3 is 2.61 bits per heavy atom. The SMILES string of the molecule is CCC(NCc1cnnn1C)c1ccc(Cl)cc1. The summed E-state index contributed by atoms with van der Waals surface area (Å²) in [6.07, 6.45) is 2.80. The molecule has 0 aliphatic carbocycles. The zero-order chi connectivity index (χ0) is 13.0. The van der Waals surface area contributed by atoms with Crippen LogP contribution in [0.15, 0.2) is 30.5 Å². The number of nitrogens with one attached hydrogen (secondary N) is 1. The third-order valence-corrected chi connectivity index (χ3v) is 3.27. The second kappa shape index (κ2) is 5.98. The van der Waals surface area contributed by atoms with Crippen molar-refractivity contribution in [3.05, 3.63) is 46.7 Å². The second-order valence-corrected chi connectivity index (χ2v) is 4.68. The molecule has 5 heteroatoms. The van der Waals surface area contributed by atoms with Gasteiger partial charge in [-0.3, -0.25) is 4.68 Å². The normalized spacial score (nSPS) is 12.6. The lowest BCUT2D eigenvalue weighted by molar-refractivity contribution is 0.502. The smallest absolute Gasteiger partial charge is 0.0738 e. The summed E-state index contributed by atoms with van der Waals surface area (Å²) >= 11 is 5.90. The molecule has 1 aromatic carbocycles. The van der Waals surface area contributed by atoms with E-state index in [-0.39, 0.29) is 0 Å². The van der Waals surface area contributed by atoms with Gasteiger partial charge in [0, 0.05) is 24.7 Å². The first-order chi connectivity index (χ1) is 8.70. The van der Waals surface area contributed by atoms with Crippen molar-refractivity contribution < 1.29 is 0 Å². The topological polar surface area (TPSA) is 42.7 Å². The van der Waals surface area contributed by atoms with Gasteiger partial charge in [0.15, 0.2) is 0 Å². The van der Waals surface area contributed by atoms with Crippen LogP contribution in [-0.2, 0) is 13.6 Å². The molecule has 0 saturated heterocycles. The first kappa shape index (κ1) is 13.1. The molecule has 2 rings (SSSR count). The van der Waals surface area contributed by atoms with Crippen LogP contribution < -0.4 is 5.32 Å². The third-order valence-electron chi connectivity index (χ3n) is 3.02. The van der Waals surface area contributed by atoms with Gasteiger partial charge in [0.1, 0.15) is 0 Å². The Hall–Kier alpha value is -1.39. The van der Waals surface area contributed by atoms with Gasteiger partial charge in [0.2, 0.25) is 0 Å². The summed E-state index contributed by atoms with van der Waals surface area (Å²) in [4.78, 5) is 0. The van der Waals surface area contributed by atoms with Gasteiger partial charge in [-0.05, 0) is 24.1 Å². The molecule has 2 aromatic rings. The number of hydrogen-bond donors (Lipinski definition) is 1. The Balaban J connectivity index is 2.01. The lowest BCUT2D eigenvalue weighted by atomic mass is 10.0. The van der Waals surface area contributed by atoms with Crippen LogP contribution in [0.3, 0.4) is 0 Å². The molecule has 0 aliphatic rings. The van der Waals surface area contributed by atoms with Crippen molar-refractivity contribution in [2.24, 2.45) is 7.05 Å². The molecule has 18 heavy (non-hydrogen) atoms. The molecule has 0 saturated carbocycles. The zero-order valence-electron chi connectivity index (χ0n) is 10.6. The third kappa shape index (κ3) is 3.09. The highest BCUT2D eigenvalue weighted by atomic mass is 35.5. The van der Waals surface area contributed by atoms with Gasteiger partial charge >= 0.3 is 0 Å². The van der Waals surface area contributed by atoms with E-state index < -0.39 is 0 Å². The Morgan fingerprint density at radius 2 is 2.06 bits per heavy atom. The average Bonchev–Trinajstić information content (AvgIpc) is 2.78. The fourth-order valence-corrected chi connectivity index (χ4v) is 2.02. The first-order valence-electron chi connectivity index (χ1n) is 6.03. The lowest BCUT2D eigenvalue weighted by Gasteiger charge is -2.17. The minimum Gasteiger partial charge on any atom is -0.304 e. The lowest BCUT2D eigenvalue weighted by Crippen LogP contribution is -2.21. The van der Waals surface area contributed by atoms with Crippen molar-refractivity contribution in [1.82, 2.24) is 20.3 Å². The Labute approximate surface area is 112 Å². The molecular formula is C13H17ClN4. The maximum Gasteiger partial charge on any atom is 0.0738 e. The fraction of sp³-hybridized carbons (Fsp3) is 0.385. The molecule has 0 spiro atoms. The highest BCUT2D eigenvalue weighted by Gasteiger charge is 2.09. The molecule has 1 unspecified atom stereocenters. The minimum atomic E-state index is 0.317. The van der Waals surface area contributed by atoms with Crippen LogP contribution in [0, 0.1) is 0 Å². The predicted molar refractivity (Wildman–Crippen MR) is 72.3 cm³/mol. The monoisotopic (exact) mass is 264 g/mol. The Morgan fingerprint density at radius 1 is 1.33 bits per heavy atom. The van der Waals surface area contributed by atoms with Crippen molar-refractivity contribution in [3.63, 3.8) is 0 Å². The van der Waals surface area contributed by atoms with Crippen LogP contribution in [0.4, 0.5) is 0 Å². The van der Waals surface area contributed by atoms with Crippen LogP contribution in [0.5, 0.6) is 0 Å². The van der Waals surface area contributed by atoms with Crippen LogP contribution in [0.2, 0.25) is 5.02 Å². The van der Waals surface area contributed by atoms with Crippen molar-refractivity contribution in [2.45, 2.75) is 25.9 Å². The van der Waals surface area contributed by atoms with E-state index in [2.05, 4.69) is 34.7 Å². The predicted octanol–water partition coefficient (Wildman–Crippen LogP) is 2.71. The van der Waals surface area contributed by atoms with Crippen LogP contribution >= 0.6 is 11.6 Å². The van der Waals surface area contributed by atoms with Gasteiger partial charge in [-0.15, -0.1) is 5.10 Å². The standard InChI is InChI=1S/C13H17ClN4/c1-3-13(10-4-6-11(14)7-5-10)15-8-12-9-16-17-18(12)2/h4-7,9,13,15H,3,8H2,1-2H3. The Bertz CT molecular complexity index is 492. The van der Waals surface area contributed by atoms with E-state index in [0.29, 0.717) is 6.04 Å². The molecule has 0 radical (unpaired) electrons. The number of hydrogen-bond acceptors (Lipinski definition) is 3. The van der Waals surface area contributed by atoms with E-state index >= 15 is 0 Å². The molecule has 0 aliphatic heterocycles. The maximum absolute atomic E-state index is 5.90. The van der Waals surface area contributed by atoms with Gasteiger partial charge in [-0.2, -0.15) is 0 Å². The molecule has 0 bridgehead atoms. The van der Waals surface area contributed by atoms with Crippen LogP contribution in [0.1, 0.15) is 30.6 Å². The Kier molecular flexibility index (Phi) is 4.33. The summed E-state index contributed by atoms with van der Waals surface area (Å²) in [6, 6.07) is 8.28. The zero-order valence-corrected chi connectivity index (χ0v) is 11.4. The minimum absolute atomic E-state index is 0.317. The molecule has 96 valence electrons. The van der Waals surface area contributed by atoms with E-state index in [1.807, 2.05) is 19.2 Å². The molecule has 0 amide bonds. The number of aryl methyl sites for hydroxylation is 1. The number of nitrogens with zero attached hydrogens (tertiary/aromatic N) is 3. The highest BCUT2D eigenvalue weighted by Crippen LogP contribution is 2.19.